The summed E-state index contributed by atoms with van der Waals surface area (Å²) in [5.41, 5.74) is 0.190. The van der Waals surface area contributed by atoms with Crippen molar-refractivity contribution in [2.24, 2.45) is 0 Å². The molecule has 2 N–H and O–H groups in total. The maximum absolute atomic E-state index is 12.0. The molecule has 0 saturated heterocycles. The number of hydrogen-bond acceptors (Lipinski definition) is 5. The van der Waals surface area contributed by atoms with Gasteiger partial charge in [0.15, 0.2) is 0 Å². The van der Waals surface area contributed by atoms with Gasteiger partial charge in [-0.3, -0.25) is 0 Å². The van der Waals surface area contributed by atoms with Crippen molar-refractivity contribution in [3.63, 3.8) is 0 Å². The van der Waals surface area contributed by atoms with E-state index in [1.807, 2.05) is 20.8 Å². The summed E-state index contributed by atoms with van der Waals surface area (Å²) < 4.78 is 10.5. The Kier molecular flexibility index (Phi) is 6.99. The molecule has 0 saturated carbocycles. The molecule has 25 heavy (non-hydrogen) atoms. The van der Waals surface area contributed by atoms with Crippen LogP contribution in [0.15, 0.2) is 24.3 Å². The number of alkyl carbamates (subject to hydrolysis) is 1. The van der Waals surface area contributed by atoms with Crippen LogP contribution in [0.1, 0.15) is 57.5 Å². The molecule has 0 aromatic heterocycles. The van der Waals surface area contributed by atoms with Gasteiger partial charge in [0, 0.05) is 0 Å². The molecule has 6 heteroatoms. The number of aliphatic hydroxyl groups excluding tert-OH is 1. The number of esters is 1. The summed E-state index contributed by atoms with van der Waals surface area (Å²) in [6.07, 6.45) is -0.151. The molecule has 1 amide bonds. The van der Waals surface area contributed by atoms with E-state index in [0.29, 0.717) is 12.0 Å². The highest BCUT2D eigenvalue weighted by Crippen LogP contribution is 2.14. The lowest BCUT2D eigenvalue weighted by molar-refractivity contribution is 0.00692. The zero-order valence-corrected chi connectivity index (χ0v) is 15.9. The second-order valence-electron chi connectivity index (χ2n) is 7.93. The van der Waals surface area contributed by atoms with E-state index in [4.69, 9.17) is 9.47 Å². The van der Waals surface area contributed by atoms with Crippen molar-refractivity contribution in [2.75, 3.05) is 6.61 Å². The molecule has 6 nitrogen and oxygen atoms in total. The number of benzene rings is 1. The van der Waals surface area contributed by atoms with E-state index in [-0.39, 0.29) is 12.6 Å². The van der Waals surface area contributed by atoms with Crippen LogP contribution in [0.25, 0.3) is 0 Å². The van der Waals surface area contributed by atoms with Gasteiger partial charge in [-0.1, -0.05) is 12.1 Å². The number of carbonyl (C=O) groups excluding carboxylic acids is 2. The Bertz CT molecular complexity index is 581. The molecule has 0 aliphatic heterocycles. The van der Waals surface area contributed by atoms with Gasteiger partial charge in [0.1, 0.15) is 11.2 Å². The molecule has 0 spiro atoms. The Balaban J connectivity index is 2.66. The number of hydrogen-bond donors (Lipinski definition) is 2. The second-order valence-corrected chi connectivity index (χ2v) is 7.93. The van der Waals surface area contributed by atoms with Crippen LogP contribution in [0.5, 0.6) is 0 Å². The Morgan fingerprint density at radius 1 is 1.00 bits per heavy atom. The molecule has 1 unspecified atom stereocenters. The van der Waals surface area contributed by atoms with Crippen LogP contribution in [0, 0.1) is 0 Å². The highest BCUT2D eigenvalue weighted by atomic mass is 16.6. The van der Waals surface area contributed by atoms with Crippen molar-refractivity contribution in [3.8, 4) is 0 Å². The van der Waals surface area contributed by atoms with Crippen molar-refractivity contribution < 1.29 is 24.2 Å². The topological polar surface area (TPSA) is 84.9 Å². The normalized spacial score (nSPS) is 13.1. The first-order chi connectivity index (χ1) is 11.4. The fraction of sp³-hybridized carbons (Fsp3) is 0.579. The summed E-state index contributed by atoms with van der Waals surface area (Å²) in [7, 11) is 0. The molecule has 140 valence electrons. The van der Waals surface area contributed by atoms with Gasteiger partial charge in [-0.15, -0.1) is 0 Å². The van der Waals surface area contributed by atoms with Crippen molar-refractivity contribution in [3.05, 3.63) is 35.4 Å². The predicted molar refractivity (Wildman–Crippen MR) is 95.6 cm³/mol. The number of aliphatic hydroxyl groups is 1. The lowest BCUT2D eigenvalue weighted by atomic mass is 10.0. The summed E-state index contributed by atoms with van der Waals surface area (Å²) in [5.74, 6) is -0.385. The molecule has 0 fully saturated rings. The number of amides is 1. The van der Waals surface area contributed by atoms with E-state index in [1.54, 1.807) is 45.0 Å². The summed E-state index contributed by atoms with van der Waals surface area (Å²) >= 11 is 0. The number of nitrogens with one attached hydrogen (secondary N) is 1. The van der Waals surface area contributed by atoms with Crippen molar-refractivity contribution in [1.29, 1.82) is 0 Å². The molecule has 0 radical (unpaired) electrons. The van der Waals surface area contributed by atoms with Crippen molar-refractivity contribution >= 4 is 12.1 Å². The monoisotopic (exact) mass is 351 g/mol. The fourth-order valence-electron chi connectivity index (χ4n) is 2.03. The van der Waals surface area contributed by atoms with Crippen LogP contribution in [0.4, 0.5) is 4.79 Å². The zero-order chi connectivity index (χ0) is 19.3. The average molecular weight is 351 g/mol. The molecule has 1 aromatic rings. The SMILES string of the molecule is CC(C)(C)OC(=O)NC(CO)Cc1ccc(C(=O)OC(C)(C)C)cc1. The summed E-state index contributed by atoms with van der Waals surface area (Å²) in [5, 5.41) is 12.1. The quantitative estimate of drug-likeness (QED) is 0.797. The molecule has 0 heterocycles. The van der Waals surface area contributed by atoms with Crippen LogP contribution in [0.3, 0.4) is 0 Å². The van der Waals surface area contributed by atoms with Crippen LogP contribution in [-0.4, -0.2) is 41.0 Å². The van der Waals surface area contributed by atoms with Crippen LogP contribution in [0.2, 0.25) is 0 Å². The third-order valence-electron chi connectivity index (χ3n) is 3.01. The largest absolute Gasteiger partial charge is 0.456 e. The Morgan fingerprint density at radius 2 is 1.52 bits per heavy atom. The minimum Gasteiger partial charge on any atom is -0.456 e. The lowest BCUT2D eigenvalue weighted by Gasteiger charge is -2.23. The van der Waals surface area contributed by atoms with E-state index in [1.165, 1.54) is 0 Å². The van der Waals surface area contributed by atoms with Crippen LogP contribution >= 0.6 is 0 Å². The minimum atomic E-state index is -0.598. The lowest BCUT2D eigenvalue weighted by Crippen LogP contribution is -2.42. The van der Waals surface area contributed by atoms with Gasteiger partial charge >= 0.3 is 12.1 Å². The van der Waals surface area contributed by atoms with Gasteiger partial charge < -0.3 is 19.9 Å². The fourth-order valence-corrected chi connectivity index (χ4v) is 2.03. The zero-order valence-electron chi connectivity index (χ0n) is 15.9. The Labute approximate surface area is 149 Å². The third kappa shape index (κ3) is 8.54. The summed E-state index contributed by atoms with van der Waals surface area (Å²) in [4.78, 5) is 23.8. The van der Waals surface area contributed by atoms with Gasteiger partial charge in [0.05, 0.1) is 18.2 Å². The highest BCUT2D eigenvalue weighted by molar-refractivity contribution is 5.89. The second kappa shape index (κ2) is 8.34. The van der Waals surface area contributed by atoms with E-state index in [2.05, 4.69) is 5.32 Å². The molecule has 1 rings (SSSR count). The average Bonchev–Trinajstić information content (AvgIpc) is 2.43. The highest BCUT2D eigenvalue weighted by Gasteiger charge is 2.20. The van der Waals surface area contributed by atoms with Gasteiger partial charge in [0.25, 0.3) is 0 Å². The number of rotatable bonds is 5. The van der Waals surface area contributed by atoms with Gasteiger partial charge in [-0.2, -0.15) is 0 Å². The molecule has 0 aliphatic carbocycles. The van der Waals surface area contributed by atoms with E-state index in [0.717, 1.165) is 5.56 Å². The van der Waals surface area contributed by atoms with Gasteiger partial charge in [-0.25, -0.2) is 9.59 Å². The first kappa shape index (κ1) is 21.0. The van der Waals surface area contributed by atoms with Gasteiger partial charge in [-0.05, 0) is 65.7 Å². The number of ether oxygens (including phenoxy) is 2. The van der Waals surface area contributed by atoms with E-state index >= 15 is 0 Å². The predicted octanol–water partition coefficient (Wildman–Crippen LogP) is 3.07. The maximum Gasteiger partial charge on any atom is 0.407 e. The molecule has 0 aliphatic rings. The molecule has 0 bridgehead atoms. The minimum absolute atomic E-state index is 0.215. The van der Waals surface area contributed by atoms with E-state index < -0.39 is 23.3 Å². The third-order valence-corrected chi connectivity index (χ3v) is 3.01. The van der Waals surface area contributed by atoms with Crippen molar-refractivity contribution in [1.82, 2.24) is 5.32 Å². The summed E-state index contributed by atoms with van der Waals surface area (Å²) in [6.45, 7) is 10.5. The molecule has 1 aromatic carbocycles. The maximum atomic E-state index is 12.0. The molecular weight excluding hydrogens is 322 g/mol. The first-order valence-corrected chi connectivity index (χ1v) is 8.32. The Hall–Kier alpha value is -2.08. The van der Waals surface area contributed by atoms with Crippen LogP contribution < -0.4 is 5.32 Å². The first-order valence-electron chi connectivity index (χ1n) is 8.32. The smallest absolute Gasteiger partial charge is 0.407 e. The standard InChI is InChI=1S/C19H29NO5/c1-18(2,3)24-16(22)14-9-7-13(8-10-14)11-15(12-21)20-17(23)25-19(4,5)6/h7-10,15,21H,11-12H2,1-6H3,(H,20,23). The molecule has 1 atom stereocenters. The number of carbonyl (C=O) groups is 2. The molecular formula is C19H29NO5. The van der Waals surface area contributed by atoms with Crippen molar-refractivity contribution in [2.45, 2.75) is 65.2 Å². The van der Waals surface area contributed by atoms with Gasteiger partial charge in [0.2, 0.25) is 0 Å². The van der Waals surface area contributed by atoms with E-state index in [9.17, 15) is 14.7 Å². The Morgan fingerprint density at radius 3 is 1.96 bits per heavy atom. The van der Waals surface area contributed by atoms with Crippen LogP contribution in [-0.2, 0) is 15.9 Å². The summed E-state index contributed by atoms with van der Waals surface area (Å²) in [6, 6.07) is 6.43.